The van der Waals surface area contributed by atoms with Crippen LogP contribution < -0.4 is 15.4 Å². The van der Waals surface area contributed by atoms with Gasteiger partial charge in [-0.15, -0.1) is 0 Å². The van der Waals surface area contributed by atoms with E-state index in [-0.39, 0.29) is 11.7 Å². The van der Waals surface area contributed by atoms with E-state index >= 15 is 0 Å². The lowest BCUT2D eigenvalue weighted by molar-refractivity contribution is -0.116. The van der Waals surface area contributed by atoms with Crippen LogP contribution in [-0.2, 0) is 9.59 Å². The fourth-order valence-corrected chi connectivity index (χ4v) is 5.94. The molecule has 33 heavy (non-hydrogen) atoms. The lowest BCUT2D eigenvalue weighted by atomic mass is 9.75. The summed E-state index contributed by atoms with van der Waals surface area (Å²) in [5.41, 5.74) is 4.62. The first-order valence-corrected chi connectivity index (χ1v) is 12.3. The van der Waals surface area contributed by atoms with Gasteiger partial charge in [-0.25, -0.2) is 4.98 Å². The summed E-state index contributed by atoms with van der Waals surface area (Å²) in [6.07, 6.45) is 2.11. The van der Waals surface area contributed by atoms with Crippen molar-refractivity contribution >= 4 is 54.3 Å². The minimum absolute atomic E-state index is 0.0900. The molecule has 6 nitrogen and oxygen atoms in total. The number of allylic oxidation sites excluding steroid dienone is 3. The number of anilines is 1. The molecule has 0 fully saturated rings. The van der Waals surface area contributed by atoms with Crippen LogP contribution in [0.1, 0.15) is 37.7 Å². The van der Waals surface area contributed by atoms with Crippen LogP contribution in [0, 0.1) is 0 Å². The Morgan fingerprint density at radius 2 is 2.00 bits per heavy atom. The molecular formula is C25H22BrN3O3S. The Kier molecular flexibility index (Phi) is 5.80. The number of fused-ring (bicyclic) bond motifs is 1. The molecule has 2 heterocycles. The van der Waals surface area contributed by atoms with Gasteiger partial charge in [-0.05, 0) is 55.7 Å². The molecule has 0 saturated heterocycles. The number of carbonyl (C=O) groups is 2. The van der Waals surface area contributed by atoms with Crippen LogP contribution in [0.25, 0.3) is 10.2 Å². The molecule has 2 aliphatic rings. The summed E-state index contributed by atoms with van der Waals surface area (Å²) in [6.45, 7) is 1.89. The highest BCUT2D eigenvalue weighted by Crippen LogP contribution is 2.43. The van der Waals surface area contributed by atoms with E-state index in [1.165, 1.54) is 11.3 Å². The number of hydrogen-bond donors (Lipinski definition) is 2. The number of aromatic nitrogens is 1. The molecule has 0 bridgehead atoms. The molecule has 0 saturated carbocycles. The third kappa shape index (κ3) is 4.09. The molecule has 0 radical (unpaired) electrons. The molecular weight excluding hydrogens is 502 g/mol. The van der Waals surface area contributed by atoms with Crippen molar-refractivity contribution in [3.63, 3.8) is 0 Å². The highest BCUT2D eigenvalue weighted by Gasteiger charge is 2.38. The zero-order chi connectivity index (χ0) is 23.1. The smallest absolute Gasteiger partial charge is 0.256 e. The number of ether oxygens (including phenoxy) is 1. The molecule has 2 N–H and O–H groups in total. The number of halogens is 1. The number of dihydropyridines is 1. The molecule has 1 aromatic heterocycles. The maximum atomic E-state index is 13.6. The number of hydrogen-bond acceptors (Lipinski definition) is 6. The Labute approximate surface area is 203 Å². The monoisotopic (exact) mass is 523 g/mol. The number of amides is 1. The number of ketones is 1. The van der Waals surface area contributed by atoms with Crippen molar-refractivity contribution in [3.8, 4) is 5.75 Å². The Morgan fingerprint density at radius 1 is 1.21 bits per heavy atom. The van der Waals surface area contributed by atoms with Crippen molar-refractivity contribution < 1.29 is 14.3 Å². The molecule has 168 valence electrons. The molecule has 1 aliphatic carbocycles. The van der Waals surface area contributed by atoms with Crippen LogP contribution in [0.15, 0.2) is 69.5 Å². The molecule has 3 aromatic rings. The van der Waals surface area contributed by atoms with Gasteiger partial charge in [0.1, 0.15) is 5.75 Å². The number of Topliss-reactive ketones (excluding diaryl/α,β-unsaturated/α-hetero) is 1. The number of benzene rings is 2. The second-order valence-electron chi connectivity index (χ2n) is 8.12. The Balaban J connectivity index is 1.55. The lowest BCUT2D eigenvalue weighted by Gasteiger charge is -2.34. The average Bonchev–Trinajstić information content (AvgIpc) is 3.19. The van der Waals surface area contributed by atoms with Crippen molar-refractivity contribution in [1.82, 2.24) is 10.3 Å². The van der Waals surface area contributed by atoms with E-state index in [0.29, 0.717) is 22.7 Å². The predicted molar refractivity (Wildman–Crippen MR) is 133 cm³/mol. The summed E-state index contributed by atoms with van der Waals surface area (Å²) in [5.74, 6) is 0.115. The van der Waals surface area contributed by atoms with Gasteiger partial charge < -0.3 is 10.1 Å². The normalized spacial score (nSPS) is 18.3. The van der Waals surface area contributed by atoms with Gasteiger partial charge in [-0.2, -0.15) is 0 Å². The Hall–Kier alpha value is -2.97. The van der Waals surface area contributed by atoms with E-state index in [1.54, 1.807) is 7.11 Å². The van der Waals surface area contributed by atoms with E-state index in [2.05, 4.69) is 31.5 Å². The van der Waals surface area contributed by atoms with Crippen LogP contribution in [-0.4, -0.2) is 23.8 Å². The van der Waals surface area contributed by atoms with E-state index < -0.39 is 5.92 Å². The SMILES string of the molecule is COc1ccc(C2C(C(=O)Nc3nc4ccc(Br)cc4s3)=C(C)NC3=C2C(=O)CCC3)cc1. The van der Waals surface area contributed by atoms with Gasteiger partial charge in [0.2, 0.25) is 0 Å². The van der Waals surface area contributed by atoms with Gasteiger partial charge in [0.05, 0.1) is 17.3 Å². The minimum Gasteiger partial charge on any atom is -0.497 e. The highest BCUT2D eigenvalue weighted by atomic mass is 79.9. The lowest BCUT2D eigenvalue weighted by Crippen LogP contribution is -2.35. The molecule has 1 atom stereocenters. The first-order valence-electron chi connectivity index (χ1n) is 10.7. The molecule has 1 unspecified atom stereocenters. The van der Waals surface area contributed by atoms with Gasteiger partial charge in [-0.1, -0.05) is 39.4 Å². The van der Waals surface area contributed by atoms with E-state index in [4.69, 9.17) is 4.74 Å². The second kappa shape index (κ2) is 8.76. The highest BCUT2D eigenvalue weighted by molar-refractivity contribution is 9.10. The van der Waals surface area contributed by atoms with Crippen LogP contribution in [0.2, 0.25) is 0 Å². The van der Waals surface area contributed by atoms with Crippen molar-refractivity contribution in [1.29, 1.82) is 0 Å². The van der Waals surface area contributed by atoms with Crippen LogP contribution in [0.5, 0.6) is 5.75 Å². The molecule has 0 spiro atoms. The number of nitrogens with zero attached hydrogens (tertiary/aromatic N) is 1. The summed E-state index contributed by atoms with van der Waals surface area (Å²) in [5, 5.41) is 6.86. The van der Waals surface area contributed by atoms with E-state index in [0.717, 1.165) is 50.2 Å². The number of thiazole rings is 1. The van der Waals surface area contributed by atoms with Crippen molar-refractivity contribution in [2.24, 2.45) is 0 Å². The summed E-state index contributed by atoms with van der Waals surface area (Å²) in [4.78, 5) is 31.2. The second-order valence-corrected chi connectivity index (χ2v) is 10.1. The molecule has 5 rings (SSSR count). The average molecular weight is 524 g/mol. The van der Waals surface area contributed by atoms with E-state index in [1.807, 2.05) is 49.4 Å². The molecule has 1 amide bonds. The topological polar surface area (TPSA) is 80.3 Å². The standard InChI is InChI=1S/C25H22BrN3O3S/c1-13-21(24(31)29-25-28-17-11-8-15(26)12-20(17)33-25)22(14-6-9-16(32-2)10-7-14)23-18(27-13)4-3-5-19(23)30/h6-12,22,27H,3-5H2,1-2H3,(H,28,29,31). The van der Waals surface area contributed by atoms with Gasteiger partial charge >= 0.3 is 0 Å². The molecule has 8 heteroatoms. The van der Waals surface area contributed by atoms with Gasteiger partial charge in [0.25, 0.3) is 5.91 Å². The maximum Gasteiger partial charge on any atom is 0.256 e. The van der Waals surface area contributed by atoms with Gasteiger partial charge in [0, 0.05) is 39.4 Å². The Morgan fingerprint density at radius 3 is 2.76 bits per heavy atom. The maximum absolute atomic E-state index is 13.6. The molecule has 2 aromatic carbocycles. The minimum atomic E-state index is -0.441. The number of carbonyl (C=O) groups excluding carboxylic acids is 2. The third-order valence-electron chi connectivity index (χ3n) is 6.04. The van der Waals surface area contributed by atoms with Crippen LogP contribution >= 0.6 is 27.3 Å². The van der Waals surface area contributed by atoms with Gasteiger partial charge in [-0.3, -0.25) is 14.9 Å². The largest absolute Gasteiger partial charge is 0.497 e. The van der Waals surface area contributed by atoms with E-state index in [9.17, 15) is 9.59 Å². The van der Waals surface area contributed by atoms with Crippen molar-refractivity contribution in [2.75, 3.05) is 12.4 Å². The number of rotatable bonds is 4. The Bertz CT molecular complexity index is 1340. The third-order valence-corrected chi connectivity index (χ3v) is 7.47. The summed E-state index contributed by atoms with van der Waals surface area (Å²) >= 11 is 4.89. The summed E-state index contributed by atoms with van der Waals surface area (Å²) < 4.78 is 7.24. The zero-order valence-electron chi connectivity index (χ0n) is 18.2. The molecule has 1 aliphatic heterocycles. The van der Waals surface area contributed by atoms with Crippen molar-refractivity contribution in [3.05, 3.63) is 75.0 Å². The van der Waals surface area contributed by atoms with Gasteiger partial charge in [0.15, 0.2) is 10.9 Å². The summed E-state index contributed by atoms with van der Waals surface area (Å²) in [7, 11) is 1.62. The zero-order valence-corrected chi connectivity index (χ0v) is 20.6. The van der Waals surface area contributed by atoms with Crippen molar-refractivity contribution in [2.45, 2.75) is 32.1 Å². The first kappa shape index (κ1) is 21.9. The number of methoxy groups -OCH3 is 1. The predicted octanol–water partition coefficient (Wildman–Crippen LogP) is 5.67. The quantitative estimate of drug-likeness (QED) is 0.460. The first-order chi connectivity index (χ1) is 15.9. The van der Waals surface area contributed by atoms with Crippen LogP contribution in [0.3, 0.4) is 0 Å². The fraction of sp³-hybridized carbons (Fsp3) is 0.240. The van der Waals surface area contributed by atoms with Crippen LogP contribution in [0.4, 0.5) is 5.13 Å². The fourth-order valence-electron chi connectivity index (χ4n) is 4.53. The summed E-state index contributed by atoms with van der Waals surface area (Å²) in [6, 6.07) is 13.4. The number of nitrogens with one attached hydrogen (secondary N) is 2.